The van der Waals surface area contributed by atoms with Crippen LogP contribution in [0, 0.1) is 0 Å². The molecule has 2 heterocycles. The summed E-state index contributed by atoms with van der Waals surface area (Å²) in [7, 11) is 0. The van der Waals surface area contributed by atoms with E-state index in [0.717, 1.165) is 12.2 Å². The molecule has 0 bridgehead atoms. The third kappa shape index (κ3) is 3.02. The SMILES string of the molecule is CCC1CCCCCN1c1ccc(C(C)N)nc1. The van der Waals surface area contributed by atoms with Crippen LogP contribution in [0.5, 0.6) is 0 Å². The van der Waals surface area contributed by atoms with Crippen LogP contribution in [0.3, 0.4) is 0 Å². The summed E-state index contributed by atoms with van der Waals surface area (Å²) in [6, 6.07) is 4.94. The largest absolute Gasteiger partial charge is 0.367 e. The number of aromatic nitrogens is 1. The Hall–Kier alpha value is -1.09. The fourth-order valence-corrected chi connectivity index (χ4v) is 2.78. The number of nitrogens with zero attached hydrogens (tertiary/aromatic N) is 2. The number of pyridine rings is 1. The highest BCUT2D eigenvalue weighted by Gasteiger charge is 2.19. The average molecular weight is 247 g/mol. The first-order valence-electron chi connectivity index (χ1n) is 7.20. The predicted octanol–water partition coefficient (Wildman–Crippen LogP) is 3.26. The number of nitrogens with two attached hydrogens (primary N) is 1. The van der Waals surface area contributed by atoms with Gasteiger partial charge in [0.2, 0.25) is 0 Å². The van der Waals surface area contributed by atoms with Gasteiger partial charge in [0, 0.05) is 18.6 Å². The molecule has 1 fully saturated rings. The molecule has 0 amide bonds. The molecule has 3 heteroatoms. The van der Waals surface area contributed by atoms with Crippen molar-refractivity contribution in [3.8, 4) is 0 Å². The van der Waals surface area contributed by atoms with Crippen molar-refractivity contribution in [1.29, 1.82) is 0 Å². The minimum absolute atomic E-state index is 0.0187. The van der Waals surface area contributed by atoms with Crippen molar-refractivity contribution in [1.82, 2.24) is 4.98 Å². The van der Waals surface area contributed by atoms with Crippen molar-refractivity contribution in [2.45, 2.75) is 58.0 Å². The van der Waals surface area contributed by atoms with Crippen LogP contribution < -0.4 is 10.6 Å². The average Bonchev–Trinajstić information content (AvgIpc) is 2.63. The van der Waals surface area contributed by atoms with Crippen molar-refractivity contribution in [2.75, 3.05) is 11.4 Å². The standard InChI is InChI=1S/C15H25N3/c1-3-13-7-5-4-6-10-18(13)14-8-9-15(12(2)16)17-11-14/h8-9,11-13H,3-7,10,16H2,1-2H3. The molecule has 1 saturated heterocycles. The summed E-state index contributed by atoms with van der Waals surface area (Å²) >= 11 is 0. The second-order valence-corrected chi connectivity index (χ2v) is 5.33. The lowest BCUT2D eigenvalue weighted by molar-refractivity contribution is 0.555. The number of hydrogen-bond donors (Lipinski definition) is 1. The minimum atomic E-state index is 0.0187. The van der Waals surface area contributed by atoms with E-state index in [1.54, 1.807) is 0 Å². The van der Waals surface area contributed by atoms with Crippen molar-refractivity contribution in [2.24, 2.45) is 5.73 Å². The van der Waals surface area contributed by atoms with E-state index in [2.05, 4.69) is 28.9 Å². The van der Waals surface area contributed by atoms with Gasteiger partial charge in [0.25, 0.3) is 0 Å². The maximum absolute atomic E-state index is 5.84. The van der Waals surface area contributed by atoms with E-state index in [0.29, 0.717) is 6.04 Å². The Bertz CT molecular complexity index is 359. The molecule has 1 aliphatic heterocycles. The molecule has 2 atom stereocenters. The lowest BCUT2D eigenvalue weighted by Gasteiger charge is -2.31. The zero-order valence-corrected chi connectivity index (χ0v) is 11.6. The first kappa shape index (κ1) is 13.3. The first-order valence-corrected chi connectivity index (χ1v) is 7.20. The van der Waals surface area contributed by atoms with Gasteiger partial charge in [-0.1, -0.05) is 19.8 Å². The van der Waals surface area contributed by atoms with Crippen LogP contribution in [0.4, 0.5) is 5.69 Å². The van der Waals surface area contributed by atoms with Crippen molar-refractivity contribution >= 4 is 5.69 Å². The third-order valence-electron chi connectivity index (χ3n) is 3.92. The highest BCUT2D eigenvalue weighted by atomic mass is 15.2. The summed E-state index contributed by atoms with van der Waals surface area (Å²) in [6.07, 6.45) is 8.54. The van der Waals surface area contributed by atoms with E-state index in [-0.39, 0.29) is 6.04 Å². The van der Waals surface area contributed by atoms with Crippen LogP contribution >= 0.6 is 0 Å². The Morgan fingerprint density at radius 1 is 1.39 bits per heavy atom. The molecule has 1 aromatic rings. The van der Waals surface area contributed by atoms with Crippen LogP contribution in [-0.2, 0) is 0 Å². The highest BCUT2D eigenvalue weighted by molar-refractivity contribution is 5.46. The summed E-state index contributed by atoms with van der Waals surface area (Å²) in [6.45, 7) is 5.42. The summed E-state index contributed by atoms with van der Waals surface area (Å²) < 4.78 is 0. The smallest absolute Gasteiger partial charge is 0.0569 e. The predicted molar refractivity (Wildman–Crippen MR) is 76.7 cm³/mol. The van der Waals surface area contributed by atoms with Gasteiger partial charge in [-0.25, -0.2) is 0 Å². The van der Waals surface area contributed by atoms with Crippen LogP contribution in [0.1, 0.15) is 57.7 Å². The Labute approximate surface area is 110 Å². The van der Waals surface area contributed by atoms with E-state index >= 15 is 0 Å². The molecule has 0 aliphatic carbocycles. The zero-order valence-electron chi connectivity index (χ0n) is 11.6. The molecule has 100 valence electrons. The zero-order chi connectivity index (χ0) is 13.0. The van der Waals surface area contributed by atoms with Gasteiger partial charge < -0.3 is 10.6 Å². The van der Waals surface area contributed by atoms with E-state index in [4.69, 9.17) is 5.73 Å². The third-order valence-corrected chi connectivity index (χ3v) is 3.92. The first-order chi connectivity index (χ1) is 8.72. The van der Waals surface area contributed by atoms with Crippen molar-refractivity contribution < 1.29 is 0 Å². The molecule has 0 aromatic carbocycles. The fraction of sp³-hybridized carbons (Fsp3) is 0.667. The van der Waals surface area contributed by atoms with Gasteiger partial charge in [0.05, 0.1) is 17.6 Å². The highest BCUT2D eigenvalue weighted by Crippen LogP contribution is 2.25. The van der Waals surface area contributed by atoms with Crippen LogP contribution in [0.15, 0.2) is 18.3 Å². The monoisotopic (exact) mass is 247 g/mol. The van der Waals surface area contributed by atoms with Gasteiger partial charge in [-0.15, -0.1) is 0 Å². The topological polar surface area (TPSA) is 42.1 Å². The normalized spacial score (nSPS) is 22.6. The molecule has 1 aliphatic rings. The summed E-state index contributed by atoms with van der Waals surface area (Å²) in [4.78, 5) is 7.02. The maximum atomic E-state index is 5.84. The van der Waals surface area contributed by atoms with Gasteiger partial charge >= 0.3 is 0 Å². The Morgan fingerprint density at radius 3 is 2.83 bits per heavy atom. The number of rotatable bonds is 3. The Balaban J connectivity index is 2.16. The van der Waals surface area contributed by atoms with Crippen LogP contribution in [-0.4, -0.2) is 17.6 Å². The summed E-state index contributed by atoms with van der Waals surface area (Å²) in [5, 5.41) is 0. The maximum Gasteiger partial charge on any atom is 0.0569 e. The Kier molecular flexibility index (Phi) is 4.59. The number of hydrogen-bond acceptors (Lipinski definition) is 3. The molecule has 18 heavy (non-hydrogen) atoms. The molecule has 1 aromatic heterocycles. The molecule has 3 nitrogen and oxygen atoms in total. The second kappa shape index (κ2) is 6.19. The van der Waals surface area contributed by atoms with Crippen molar-refractivity contribution in [3.63, 3.8) is 0 Å². The van der Waals surface area contributed by atoms with E-state index in [1.807, 2.05) is 13.1 Å². The molecular weight excluding hydrogens is 222 g/mol. The lowest BCUT2D eigenvalue weighted by atomic mass is 10.1. The number of anilines is 1. The molecule has 2 rings (SSSR count). The van der Waals surface area contributed by atoms with E-state index < -0.39 is 0 Å². The van der Waals surface area contributed by atoms with Gasteiger partial charge in [0.15, 0.2) is 0 Å². The summed E-state index contributed by atoms with van der Waals surface area (Å²) in [5.41, 5.74) is 8.08. The molecule has 0 saturated carbocycles. The molecule has 2 unspecified atom stereocenters. The van der Waals surface area contributed by atoms with Crippen LogP contribution in [0.25, 0.3) is 0 Å². The summed E-state index contributed by atoms with van der Waals surface area (Å²) in [5.74, 6) is 0. The second-order valence-electron chi connectivity index (χ2n) is 5.33. The van der Waals surface area contributed by atoms with E-state index in [9.17, 15) is 0 Å². The minimum Gasteiger partial charge on any atom is -0.367 e. The lowest BCUT2D eigenvalue weighted by Crippen LogP contribution is -2.34. The van der Waals surface area contributed by atoms with Gasteiger partial charge in [0.1, 0.15) is 0 Å². The van der Waals surface area contributed by atoms with Crippen molar-refractivity contribution in [3.05, 3.63) is 24.0 Å². The Morgan fingerprint density at radius 2 is 2.22 bits per heavy atom. The molecule has 2 N–H and O–H groups in total. The molecule has 0 radical (unpaired) electrons. The molecular formula is C15H25N3. The quantitative estimate of drug-likeness (QED) is 0.891. The van der Waals surface area contributed by atoms with Gasteiger partial charge in [-0.2, -0.15) is 0 Å². The molecule has 0 spiro atoms. The fourth-order valence-electron chi connectivity index (χ4n) is 2.78. The van der Waals surface area contributed by atoms with Crippen LogP contribution in [0.2, 0.25) is 0 Å². The van der Waals surface area contributed by atoms with Gasteiger partial charge in [-0.05, 0) is 38.3 Å². The van der Waals surface area contributed by atoms with Gasteiger partial charge in [-0.3, -0.25) is 4.98 Å². The van der Waals surface area contributed by atoms with E-state index in [1.165, 1.54) is 37.8 Å².